The molecule has 178 valence electrons. The van der Waals surface area contributed by atoms with Crippen molar-refractivity contribution in [2.24, 2.45) is 0 Å². The second-order valence-electron chi connectivity index (χ2n) is 6.93. The molecular formula is C23H15Cl2N3O6S. The number of methoxy groups -OCH3 is 1. The van der Waals surface area contributed by atoms with Gasteiger partial charge in [0.1, 0.15) is 22.2 Å². The zero-order chi connectivity index (χ0) is 25.1. The van der Waals surface area contributed by atoms with Crippen molar-refractivity contribution in [3.63, 3.8) is 0 Å². The highest BCUT2D eigenvalue weighted by Crippen LogP contribution is 2.34. The normalized spacial score (nSPS) is 11.5. The van der Waals surface area contributed by atoms with Crippen LogP contribution in [0.1, 0.15) is 16.1 Å². The topological polar surface area (TPSA) is 139 Å². The van der Waals surface area contributed by atoms with Crippen LogP contribution in [-0.4, -0.2) is 44.4 Å². The van der Waals surface area contributed by atoms with Crippen molar-refractivity contribution >= 4 is 53.0 Å². The molecule has 0 aliphatic carbocycles. The van der Waals surface area contributed by atoms with Gasteiger partial charge in [-0.2, -0.15) is 0 Å². The largest absolute Gasteiger partial charge is 0.496 e. The molecule has 0 fully saturated rings. The molecule has 2 aromatic heterocycles. The summed E-state index contributed by atoms with van der Waals surface area (Å²) in [6, 6.07) is 12.6. The Morgan fingerprint density at radius 3 is 2.60 bits per heavy atom. The number of nitrogens with one attached hydrogen (secondary N) is 1. The highest BCUT2D eigenvalue weighted by Gasteiger charge is 2.18. The number of benzene rings is 2. The molecule has 0 saturated heterocycles. The van der Waals surface area contributed by atoms with Crippen molar-refractivity contribution in [1.29, 1.82) is 0 Å². The summed E-state index contributed by atoms with van der Waals surface area (Å²) < 4.78 is 11.0. The Labute approximate surface area is 212 Å². The van der Waals surface area contributed by atoms with Gasteiger partial charge in [-0.15, -0.1) is 5.10 Å². The minimum Gasteiger partial charge on any atom is -0.496 e. The van der Waals surface area contributed by atoms with Gasteiger partial charge in [-0.05, 0) is 54.2 Å². The number of ether oxygens (including phenoxy) is 1. The van der Waals surface area contributed by atoms with Crippen LogP contribution in [0.2, 0.25) is 10.0 Å². The summed E-state index contributed by atoms with van der Waals surface area (Å²) in [6.45, 7) is 0. The molecule has 2 heterocycles. The highest BCUT2D eigenvalue weighted by molar-refractivity contribution is 8.04. The Morgan fingerprint density at radius 1 is 1.11 bits per heavy atom. The number of aromatic nitrogens is 3. The Hall–Kier alpha value is -3.73. The van der Waals surface area contributed by atoms with E-state index in [1.165, 1.54) is 25.3 Å². The van der Waals surface area contributed by atoms with E-state index in [9.17, 15) is 14.7 Å². The Balaban J connectivity index is 1.58. The maximum atomic E-state index is 11.8. The average molecular weight is 532 g/mol. The molecule has 2 aromatic carbocycles. The quantitative estimate of drug-likeness (QED) is 0.185. The predicted molar refractivity (Wildman–Crippen MR) is 131 cm³/mol. The fourth-order valence-electron chi connectivity index (χ4n) is 3.07. The molecule has 0 bridgehead atoms. The Morgan fingerprint density at radius 2 is 1.91 bits per heavy atom. The summed E-state index contributed by atoms with van der Waals surface area (Å²) in [5.74, 6) is -0.812. The molecule has 0 aliphatic rings. The van der Waals surface area contributed by atoms with E-state index in [1.54, 1.807) is 36.4 Å². The third kappa shape index (κ3) is 5.51. The number of furan rings is 1. The third-order valence-corrected chi connectivity index (χ3v) is 6.10. The number of rotatable bonds is 8. The van der Waals surface area contributed by atoms with E-state index in [1.807, 2.05) is 0 Å². The van der Waals surface area contributed by atoms with Crippen LogP contribution in [-0.2, 0) is 4.79 Å². The van der Waals surface area contributed by atoms with E-state index < -0.39 is 11.9 Å². The molecule has 0 unspecified atom stereocenters. The SMILES string of the molecule is COc1ccc(Cl)cc1-c1nc(S/C(=C\c2ccc(-c3ccc(C(=O)O)c(Cl)c3)o2)C(=O)O)n[nH]1. The Bertz CT molecular complexity index is 1460. The van der Waals surface area contributed by atoms with Gasteiger partial charge in [0.2, 0.25) is 5.16 Å². The maximum Gasteiger partial charge on any atom is 0.342 e. The third-order valence-electron chi connectivity index (χ3n) is 4.68. The van der Waals surface area contributed by atoms with Gasteiger partial charge in [0.25, 0.3) is 0 Å². The number of aromatic amines is 1. The molecular weight excluding hydrogens is 517 g/mol. The van der Waals surface area contributed by atoms with E-state index >= 15 is 0 Å². The van der Waals surface area contributed by atoms with Crippen LogP contribution < -0.4 is 4.74 Å². The first kappa shape index (κ1) is 24.4. The van der Waals surface area contributed by atoms with Crippen molar-refractivity contribution in [2.75, 3.05) is 7.11 Å². The number of carboxylic acid groups (broad SMARTS) is 2. The fourth-order valence-corrected chi connectivity index (χ4v) is 4.19. The monoisotopic (exact) mass is 531 g/mol. The number of halogens is 2. The number of nitrogens with zero attached hydrogens (tertiary/aromatic N) is 2. The smallest absolute Gasteiger partial charge is 0.342 e. The summed E-state index contributed by atoms with van der Waals surface area (Å²) in [4.78, 5) is 27.2. The zero-order valence-electron chi connectivity index (χ0n) is 17.8. The van der Waals surface area contributed by atoms with Crippen molar-refractivity contribution in [2.45, 2.75) is 5.16 Å². The molecule has 4 rings (SSSR count). The molecule has 3 N–H and O–H groups in total. The lowest BCUT2D eigenvalue weighted by Gasteiger charge is -2.05. The molecule has 0 spiro atoms. The van der Waals surface area contributed by atoms with Crippen molar-refractivity contribution in [1.82, 2.24) is 15.2 Å². The van der Waals surface area contributed by atoms with Gasteiger partial charge >= 0.3 is 11.9 Å². The number of aliphatic carboxylic acids is 1. The lowest BCUT2D eigenvalue weighted by atomic mass is 10.1. The molecule has 35 heavy (non-hydrogen) atoms. The second kappa shape index (κ2) is 10.3. The van der Waals surface area contributed by atoms with Crippen LogP contribution in [0.5, 0.6) is 5.75 Å². The van der Waals surface area contributed by atoms with Crippen LogP contribution in [0.25, 0.3) is 28.8 Å². The van der Waals surface area contributed by atoms with Crippen LogP contribution in [0.4, 0.5) is 0 Å². The van der Waals surface area contributed by atoms with Gasteiger partial charge in [0.15, 0.2) is 5.82 Å². The van der Waals surface area contributed by atoms with Crippen LogP contribution >= 0.6 is 35.0 Å². The Kier molecular flexibility index (Phi) is 7.15. The summed E-state index contributed by atoms with van der Waals surface area (Å²) in [5, 5.41) is 26.3. The van der Waals surface area contributed by atoms with E-state index in [2.05, 4.69) is 15.2 Å². The van der Waals surface area contributed by atoms with Gasteiger partial charge in [-0.1, -0.05) is 29.3 Å². The summed E-state index contributed by atoms with van der Waals surface area (Å²) in [5.41, 5.74) is 1.08. The number of H-pyrrole nitrogens is 1. The molecule has 9 nitrogen and oxygen atoms in total. The molecule has 0 atom stereocenters. The van der Waals surface area contributed by atoms with Crippen molar-refractivity contribution < 1.29 is 29.0 Å². The summed E-state index contributed by atoms with van der Waals surface area (Å²) >= 11 is 12.9. The van der Waals surface area contributed by atoms with Crippen molar-refractivity contribution in [3.05, 3.63) is 74.8 Å². The molecule has 12 heteroatoms. The van der Waals surface area contributed by atoms with Gasteiger partial charge in [0.05, 0.1) is 23.3 Å². The molecule has 0 aliphatic heterocycles. The standard InChI is InChI=1S/C23H15Cl2N3O6S/c1-33-18-6-3-12(24)9-15(18)20-26-23(28-27-20)35-19(22(31)32)10-13-4-7-17(34-13)11-2-5-14(21(29)30)16(25)8-11/h2-10H,1H3,(H,29,30)(H,31,32)(H,26,27,28)/b19-10-. The predicted octanol–water partition coefficient (Wildman–Crippen LogP) is 5.96. The van der Waals surface area contributed by atoms with Gasteiger partial charge in [-0.3, -0.25) is 5.10 Å². The van der Waals surface area contributed by atoms with Crippen LogP contribution in [0.15, 0.2) is 63.0 Å². The zero-order valence-corrected chi connectivity index (χ0v) is 20.1. The summed E-state index contributed by atoms with van der Waals surface area (Å²) in [7, 11) is 1.51. The van der Waals surface area contributed by atoms with E-state index in [0.29, 0.717) is 33.5 Å². The van der Waals surface area contributed by atoms with Crippen LogP contribution in [0.3, 0.4) is 0 Å². The average Bonchev–Trinajstić information content (AvgIpc) is 3.48. The number of aromatic carboxylic acids is 1. The minimum atomic E-state index is -1.20. The van der Waals surface area contributed by atoms with Gasteiger partial charge in [-0.25, -0.2) is 14.6 Å². The van der Waals surface area contributed by atoms with Gasteiger partial charge in [0, 0.05) is 16.7 Å². The molecule has 0 saturated carbocycles. The summed E-state index contributed by atoms with van der Waals surface area (Å²) in [6.07, 6.45) is 1.33. The number of thioether (sulfide) groups is 1. The lowest BCUT2D eigenvalue weighted by Crippen LogP contribution is -1.97. The van der Waals surface area contributed by atoms with E-state index in [4.69, 9.17) is 37.5 Å². The first-order valence-electron chi connectivity index (χ1n) is 9.77. The highest BCUT2D eigenvalue weighted by atomic mass is 35.5. The molecule has 4 aromatic rings. The van der Waals surface area contributed by atoms with Crippen molar-refractivity contribution in [3.8, 4) is 28.5 Å². The fraction of sp³-hybridized carbons (Fsp3) is 0.0435. The lowest BCUT2D eigenvalue weighted by molar-refractivity contribution is -0.131. The molecule has 0 amide bonds. The number of carboxylic acids is 2. The number of hydrogen-bond acceptors (Lipinski definition) is 7. The second-order valence-corrected chi connectivity index (χ2v) is 8.78. The van der Waals surface area contributed by atoms with Gasteiger partial charge < -0.3 is 19.4 Å². The molecule has 0 radical (unpaired) electrons. The number of carbonyl (C=O) groups is 2. The first-order valence-corrected chi connectivity index (χ1v) is 11.3. The first-order chi connectivity index (χ1) is 16.7. The van der Waals surface area contributed by atoms with E-state index in [-0.39, 0.29) is 26.4 Å². The number of hydrogen-bond donors (Lipinski definition) is 3. The van der Waals surface area contributed by atoms with Crippen LogP contribution in [0, 0.1) is 0 Å². The minimum absolute atomic E-state index is 0.0343. The van der Waals surface area contributed by atoms with E-state index in [0.717, 1.165) is 11.8 Å². The maximum absolute atomic E-state index is 11.8.